The summed E-state index contributed by atoms with van der Waals surface area (Å²) in [7, 11) is 0. The Morgan fingerprint density at radius 3 is 2.36 bits per heavy atom. The molecule has 2 rings (SSSR count). The predicted molar refractivity (Wildman–Crippen MR) is 92.1 cm³/mol. The van der Waals surface area contributed by atoms with Crippen LogP contribution in [0.1, 0.15) is 31.9 Å². The maximum absolute atomic E-state index is 11.8. The van der Waals surface area contributed by atoms with Crippen LogP contribution in [0, 0.1) is 0 Å². The van der Waals surface area contributed by atoms with Crippen LogP contribution in [0.3, 0.4) is 0 Å². The summed E-state index contributed by atoms with van der Waals surface area (Å²) in [6.07, 6.45) is 4.76. The third-order valence-electron chi connectivity index (χ3n) is 3.18. The number of rotatable bonds is 3. The van der Waals surface area contributed by atoms with E-state index in [2.05, 4.69) is 43.2 Å². The predicted octanol–water partition coefficient (Wildman–Crippen LogP) is 4.68. The number of amides is 1. The van der Waals surface area contributed by atoms with Gasteiger partial charge in [0.05, 0.1) is 5.02 Å². The lowest BCUT2D eigenvalue weighted by Gasteiger charge is -2.18. The summed E-state index contributed by atoms with van der Waals surface area (Å²) in [5.74, 6) is 0.247. The van der Waals surface area contributed by atoms with E-state index in [-0.39, 0.29) is 11.3 Å². The maximum Gasteiger partial charge on any atom is 0.249 e. The summed E-state index contributed by atoms with van der Waals surface area (Å²) in [6, 6.07) is 11.5. The zero-order valence-electron chi connectivity index (χ0n) is 12.9. The van der Waals surface area contributed by atoms with Crippen molar-refractivity contribution >= 4 is 29.4 Å². The number of carbonyl (C=O) groups is 1. The smallest absolute Gasteiger partial charge is 0.249 e. The number of benzene rings is 1. The average molecular weight is 315 g/mol. The molecule has 0 fully saturated rings. The Hall–Kier alpha value is -2.13. The van der Waals surface area contributed by atoms with Gasteiger partial charge in [-0.2, -0.15) is 0 Å². The highest BCUT2D eigenvalue weighted by Gasteiger charge is 2.12. The highest BCUT2D eigenvalue weighted by Crippen LogP contribution is 2.22. The zero-order chi connectivity index (χ0) is 16.2. The van der Waals surface area contributed by atoms with Crippen molar-refractivity contribution in [3.63, 3.8) is 0 Å². The largest absolute Gasteiger partial charge is 0.307 e. The molecule has 22 heavy (non-hydrogen) atoms. The van der Waals surface area contributed by atoms with Gasteiger partial charge in [0.15, 0.2) is 0 Å². The van der Waals surface area contributed by atoms with E-state index in [9.17, 15) is 4.79 Å². The zero-order valence-corrected chi connectivity index (χ0v) is 13.7. The van der Waals surface area contributed by atoms with E-state index in [1.165, 1.54) is 17.8 Å². The van der Waals surface area contributed by atoms with E-state index < -0.39 is 0 Å². The Kier molecular flexibility index (Phi) is 4.99. The van der Waals surface area contributed by atoms with Crippen LogP contribution in [0.2, 0.25) is 5.02 Å². The molecule has 1 heterocycles. The Morgan fingerprint density at radius 1 is 1.14 bits per heavy atom. The van der Waals surface area contributed by atoms with E-state index in [1.807, 2.05) is 12.1 Å². The third-order valence-corrected chi connectivity index (χ3v) is 3.41. The van der Waals surface area contributed by atoms with Crippen molar-refractivity contribution in [3.8, 4) is 0 Å². The number of anilines is 1. The summed E-state index contributed by atoms with van der Waals surface area (Å²) in [5.41, 5.74) is 2.37. The quantitative estimate of drug-likeness (QED) is 0.835. The molecule has 0 spiro atoms. The molecule has 3 nitrogen and oxygen atoms in total. The molecule has 0 aliphatic carbocycles. The van der Waals surface area contributed by atoms with Gasteiger partial charge >= 0.3 is 0 Å². The van der Waals surface area contributed by atoms with Crippen LogP contribution in [0.15, 0.2) is 48.7 Å². The molecule has 0 saturated heterocycles. The summed E-state index contributed by atoms with van der Waals surface area (Å²) >= 11 is 5.74. The molecule has 0 aliphatic rings. The Balaban J connectivity index is 1.99. The number of pyridine rings is 1. The van der Waals surface area contributed by atoms with Gasteiger partial charge in [0.25, 0.3) is 0 Å². The first kappa shape index (κ1) is 16.2. The lowest BCUT2D eigenvalue weighted by molar-refractivity contribution is -0.111. The number of hydrogen-bond donors (Lipinski definition) is 1. The van der Waals surface area contributed by atoms with Gasteiger partial charge in [-0.3, -0.25) is 4.79 Å². The second-order valence-electron chi connectivity index (χ2n) is 6.06. The van der Waals surface area contributed by atoms with Crippen molar-refractivity contribution in [1.29, 1.82) is 0 Å². The maximum atomic E-state index is 11.8. The van der Waals surface area contributed by atoms with Gasteiger partial charge in [0.1, 0.15) is 5.82 Å². The van der Waals surface area contributed by atoms with E-state index in [0.717, 1.165) is 5.56 Å². The van der Waals surface area contributed by atoms with Crippen LogP contribution in [-0.2, 0) is 10.2 Å². The monoisotopic (exact) mass is 314 g/mol. The van der Waals surface area contributed by atoms with Crippen molar-refractivity contribution in [2.45, 2.75) is 26.2 Å². The summed E-state index contributed by atoms with van der Waals surface area (Å²) in [6.45, 7) is 6.51. The first-order valence-corrected chi connectivity index (χ1v) is 7.43. The van der Waals surface area contributed by atoms with Crippen LogP contribution < -0.4 is 5.32 Å². The number of aromatic nitrogens is 1. The van der Waals surface area contributed by atoms with Crippen molar-refractivity contribution in [2.75, 3.05) is 5.32 Å². The van der Waals surface area contributed by atoms with E-state index in [0.29, 0.717) is 10.8 Å². The molecular weight excluding hydrogens is 296 g/mol. The van der Waals surface area contributed by atoms with Gasteiger partial charge in [-0.15, -0.1) is 0 Å². The number of hydrogen-bond acceptors (Lipinski definition) is 2. The van der Waals surface area contributed by atoms with Gasteiger partial charge < -0.3 is 5.32 Å². The number of halogens is 1. The molecule has 1 N–H and O–H groups in total. The Morgan fingerprint density at radius 2 is 1.82 bits per heavy atom. The van der Waals surface area contributed by atoms with Crippen LogP contribution in [0.25, 0.3) is 6.08 Å². The molecule has 1 amide bonds. The summed E-state index contributed by atoms with van der Waals surface area (Å²) in [4.78, 5) is 15.8. The molecule has 4 heteroatoms. The van der Waals surface area contributed by atoms with Gasteiger partial charge in [-0.25, -0.2) is 4.98 Å². The minimum absolute atomic E-state index is 0.125. The summed E-state index contributed by atoms with van der Waals surface area (Å²) in [5, 5.41) is 3.21. The number of carbonyl (C=O) groups excluding carboxylic acids is 1. The highest BCUT2D eigenvalue weighted by atomic mass is 35.5. The van der Waals surface area contributed by atoms with Gasteiger partial charge in [-0.1, -0.05) is 56.6 Å². The summed E-state index contributed by atoms with van der Waals surface area (Å²) < 4.78 is 0. The van der Waals surface area contributed by atoms with E-state index in [4.69, 9.17) is 11.6 Å². The lowest BCUT2D eigenvalue weighted by atomic mass is 9.87. The SMILES string of the molecule is CC(C)(C)c1ccc(/C=C/C(=O)Nc2ccc(Cl)cn2)cc1. The van der Waals surface area contributed by atoms with E-state index in [1.54, 1.807) is 18.2 Å². The molecule has 0 saturated carbocycles. The second kappa shape index (κ2) is 6.75. The fourth-order valence-corrected chi connectivity index (χ4v) is 2.00. The lowest BCUT2D eigenvalue weighted by Crippen LogP contribution is -2.10. The second-order valence-corrected chi connectivity index (χ2v) is 6.49. The number of nitrogens with one attached hydrogen (secondary N) is 1. The van der Waals surface area contributed by atoms with Gasteiger partial charge in [0.2, 0.25) is 5.91 Å². The van der Waals surface area contributed by atoms with Crippen LogP contribution >= 0.6 is 11.6 Å². The van der Waals surface area contributed by atoms with Crippen LogP contribution in [-0.4, -0.2) is 10.9 Å². The van der Waals surface area contributed by atoms with Gasteiger partial charge in [-0.05, 0) is 34.8 Å². The molecule has 1 aromatic carbocycles. The Bertz CT molecular complexity index is 668. The van der Waals surface area contributed by atoms with Crippen LogP contribution in [0.5, 0.6) is 0 Å². The van der Waals surface area contributed by atoms with Crippen molar-refractivity contribution in [1.82, 2.24) is 4.98 Å². The molecule has 0 bridgehead atoms. The standard InChI is InChI=1S/C18H19ClN2O/c1-18(2,3)14-7-4-13(5-8-14)6-11-17(22)21-16-10-9-15(19)12-20-16/h4-12H,1-3H3,(H,20,21,22)/b11-6+. The minimum atomic E-state index is -0.227. The third kappa shape index (κ3) is 4.71. The van der Waals surface area contributed by atoms with Crippen molar-refractivity contribution < 1.29 is 4.79 Å². The average Bonchev–Trinajstić information content (AvgIpc) is 2.47. The first-order chi connectivity index (χ1) is 10.3. The van der Waals surface area contributed by atoms with E-state index >= 15 is 0 Å². The molecule has 0 radical (unpaired) electrons. The topological polar surface area (TPSA) is 42.0 Å². The van der Waals surface area contributed by atoms with Gasteiger partial charge in [0, 0.05) is 12.3 Å². The number of nitrogens with zero attached hydrogens (tertiary/aromatic N) is 1. The molecule has 0 aliphatic heterocycles. The molecule has 1 aromatic heterocycles. The molecule has 0 atom stereocenters. The van der Waals surface area contributed by atoms with Crippen molar-refractivity contribution in [2.24, 2.45) is 0 Å². The molecular formula is C18H19ClN2O. The molecule has 0 unspecified atom stereocenters. The highest BCUT2D eigenvalue weighted by molar-refractivity contribution is 6.30. The minimum Gasteiger partial charge on any atom is -0.307 e. The fourth-order valence-electron chi connectivity index (χ4n) is 1.88. The first-order valence-electron chi connectivity index (χ1n) is 7.06. The van der Waals surface area contributed by atoms with Crippen molar-refractivity contribution in [3.05, 3.63) is 64.8 Å². The molecule has 114 valence electrons. The molecule has 2 aromatic rings. The Labute approximate surface area is 136 Å². The normalized spacial score (nSPS) is 11.6. The fraction of sp³-hybridized carbons (Fsp3) is 0.222. The van der Waals surface area contributed by atoms with Crippen LogP contribution in [0.4, 0.5) is 5.82 Å².